The van der Waals surface area contributed by atoms with Crippen LogP contribution in [0.5, 0.6) is 5.75 Å². The van der Waals surface area contributed by atoms with Crippen LogP contribution >= 0.6 is 11.6 Å². The molecular weight excluding hydrogens is 240 g/mol. The fraction of sp³-hybridized carbons (Fsp3) is 0.538. The molecule has 4 heteroatoms. The maximum atomic E-state index is 10.4. The third-order valence-electron chi connectivity index (χ3n) is 3.46. The number of rotatable bonds is 3. The predicted molar refractivity (Wildman–Crippen MR) is 66.4 cm³/mol. The first-order chi connectivity index (χ1) is 8.07. The van der Waals surface area contributed by atoms with Crippen LogP contribution in [0.3, 0.4) is 0 Å². The van der Waals surface area contributed by atoms with Crippen LogP contribution in [-0.4, -0.2) is 22.9 Å². The molecule has 3 nitrogen and oxygen atoms in total. The summed E-state index contributed by atoms with van der Waals surface area (Å²) in [5.41, 5.74) is -0.484. The highest BCUT2D eigenvalue weighted by molar-refractivity contribution is 6.30. The molecule has 94 valence electrons. The summed E-state index contributed by atoms with van der Waals surface area (Å²) in [5.74, 6) is 0.558. The van der Waals surface area contributed by atoms with Gasteiger partial charge in [0.1, 0.15) is 11.9 Å². The van der Waals surface area contributed by atoms with E-state index in [9.17, 15) is 10.2 Å². The topological polar surface area (TPSA) is 49.7 Å². The normalized spacial score (nSPS) is 20.2. The van der Waals surface area contributed by atoms with Crippen LogP contribution in [-0.2, 0) is 0 Å². The molecule has 0 saturated heterocycles. The predicted octanol–water partition coefficient (Wildman–Crippen LogP) is 2.69. The minimum Gasteiger partial charge on any atom is -0.496 e. The largest absolute Gasteiger partial charge is 0.496 e. The summed E-state index contributed by atoms with van der Waals surface area (Å²) in [7, 11) is 1.54. The van der Waals surface area contributed by atoms with Crippen LogP contribution < -0.4 is 4.74 Å². The molecule has 0 amide bonds. The maximum absolute atomic E-state index is 10.4. The zero-order chi connectivity index (χ0) is 12.5. The molecule has 0 aromatic heterocycles. The number of benzene rings is 1. The molecule has 1 saturated carbocycles. The van der Waals surface area contributed by atoms with Gasteiger partial charge in [0.05, 0.1) is 12.7 Å². The van der Waals surface area contributed by atoms with Crippen LogP contribution in [0.2, 0.25) is 5.02 Å². The average molecular weight is 257 g/mol. The summed E-state index contributed by atoms with van der Waals surface area (Å²) in [6, 6.07) is 5.07. The number of ether oxygens (including phenoxy) is 1. The molecule has 0 spiro atoms. The van der Waals surface area contributed by atoms with Crippen LogP contribution in [0, 0.1) is 0 Å². The molecule has 1 aromatic carbocycles. The molecule has 1 atom stereocenters. The monoisotopic (exact) mass is 256 g/mol. The van der Waals surface area contributed by atoms with E-state index in [2.05, 4.69) is 0 Å². The molecule has 1 unspecified atom stereocenters. The third-order valence-corrected chi connectivity index (χ3v) is 3.70. The van der Waals surface area contributed by atoms with Crippen LogP contribution in [0.1, 0.15) is 37.4 Å². The molecule has 0 bridgehead atoms. The summed E-state index contributed by atoms with van der Waals surface area (Å²) in [5, 5.41) is 21.2. The maximum Gasteiger partial charge on any atom is 0.124 e. The Kier molecular flexibility index (Phi) is 3.61. The third kappa shape index (κ3) is 2.41. The van der Waals surface area contributed by atoms with Crippen molar-refractivity contribution < 1.29 is 14.9 Å². The molecular formula is C13H17ClO3. The van der Waals surface area contributed by atoms with Gasteiger partial charge in [0.2, 0.25) is 0 Å². The van der Waals surface area contributed by atoms with Crippen molar-refractivity contribution in [3.05, 3.63) is 28.8 Å². The lowest BCUT2D eigenvalue weighted by Gasteiger charge is -2.29. The van der Waals surface area contributed by atoms with Crippen molar-refractivity contribution in [3.63, 3.8) is 0 Å². The van der Waals surface area contributed by atoms with Gasteiger partial charge in [-0.25, -0.2) is 0 Å². The van der Waals surface area contributed by atoms with Gasteiger partial charge in [-0.2, -0.15) is 0 Å². The van der Waals surface area contributed by atoms with Gasteiger partial charge in [0.15, 0.2) is 0 Å². The Bertz CT molecular complexity index is 400. The molecule has 0 aliphatic heterocycles. The summed E-state index contributed by atoms with van der Waals surface area (Å²) < 4.78 is 5.20. The summed E-state index contributed by atoms with van der Waals surface area (Å²) in [6.45, 7) is 0. The van der Waals surface area contributed by atoms with Crippen LogP contribution in [0.15, 0.2) is 18.2 Å². The van der Waals surface area contributed by atoms with Gasteiger partial charge in [0.25, 0.3) is 0 Å². The Balaban J connectivity index is 2.35. The van der Waals surface area contributed by atoms with E-state index in [-0.39, 0.29) is 0 Å². The molecule has 2 N–H and O–H groups in total. The van der Waals surface area contributed by atoms with Crippen LogP contribution in [0.25, 0.3) is 0 Å². The van der Waals surface area contributed by atoms with Crippen molar-refractivity contribution in [2.75, 3.05) is 7.11 Å². The highest BCUT2D eigenvalue weighted by Gasteiger charge is 2.40. The van der Waals surface area contributed by atoms with Crippen molar-refractivity contribution in [1.29, 1.82) is 0 Å². The van der Waals surface area contributed by atoms with Crippen LogP contribution in [0.4, 0.5) is 0 Å². The van der Waals surface area contributed by atoms with Gasteiger partial charge in [0, 0.05) is 10.6 Å². The summed E-state index contributed by atoms with van der Waals surface area (Å²) in [6.07, 6.45) is 2.17. The lowest BCUT2D eigenvalue weighted by atomic mass is 9.89. The Morgan fingerprint density at radius 1 is 1.35 bits per heavy atom. The molecule has 1 aliphatic rings. The first kappa shape index (κ1) is 12.7. The van der Waals surface area contributed by atoms with Crippen molar-refractivity contribution in [1.82, 2.24) is 0 Å². The molecule has 1 fully saturated rings. The van der Waals surface area contributed by atoms with Gasteiger partial charge >= 0.3 is 0 Å². The standard InChI is InChI=1S/C13H17ClO3/c1-17-11-5-4-9(14)8-10(11)12(15)13(16)6-2-3-7-13/h4-5,8,12,15-16H,2-3,6-7H2,1H3. The van der Waals surface area contributed by atoms with E-state index in [0.717, 1.165) is 12.8 Å². The second-order valence-electron chi connectivity index (χ2n) is 4.60. The minimum atomic E-state index is -1.04. The number of methoxy groups -OCH3 is 1. The highest BCUT2D eigenvalue weighted by atomic mass is 35.5. The lowest BCUT2D eigenvalue weighted by Crippen LogP contribution is -2.33. The van der Waals surface area contributed by atoms with E-state index in [0.29, 0.717) is 29.2 Å². The highest BCUT2D eigenvalue weighted by Crippen LogP contribution is 2.42. The molecule has 1 aromatic rings. The molecule has 2 rings (SSSR count). The summed E-state index contributed by atoms with van der Waals surface area (Å²) in [4.78, 5) is 0. The fourth-order valence-electron chi connectivity index (χ4n) is 2.47. The van der Waals surface area contributed by atoms with Gasteiger partial charge in [-0.15, -0.1) is 0 Å². The Labute approximate surface area is 106 Å². The molecule has 17 heavy (non-hydrogen) atoms. The number of aliphatic hydroxyl groups is 2. The van der Waals surface area contributed by atoms with Gasteiger partial charge in [-0.3, -0.25) is 0 Å². The smallest absolute Gasteiger partial charge is 0.124 e. The number of aliphatic hydroxyl groups excluding tert-OH is 1. The summed E-state index contributed by atoms with van der Waals surface area (Å²) >= 11 is 5.92. The minimum absolute atomic E-state index is 0.529. The number of hydrogen-bond acceptors (Lipinski definition) is 3. The first-order valence-corrected chi connectivity index (χ1v) is 6.18. The Morgan fingerprint density at radius 2 is 2.00 bits per heavy atom. The zero-order valence-electron chi connectivity index (χ0n) is 9.82. The fourth-order valence-corrected chi connectivity index (χ4v) is 2.65. The van der Waals surface area contributed by atoms with E-state index in [1.54, 1.807) is 18.2 Å². The van der Waals surface area contributed by atoms with Crippen molar-refractivity contribution in [2.24, 2.45) is 0 Å². The first-order valence-electron chi connectivity index (χ1n) is 5.81. The Hall–Kier alpha value is -0.770. The quantitative estimate of drug-likeness (QED) is 0.874. The van der Waals surface area contributed by atoms with Crippen molar-refractivity contribution in [2.45, 2.75) is 37.4 Å². The van der Waals surface area contributed by atoms with E-state index in [1.807, 2.05) is 0 Å². The number of halogens is 1. The second-order valence-corrected chi connectivity index (χ2v) is 5.04. The lowest BCUT2D eigenvalue weighted by molar-refractivity contribution is -0.0726. The van der Waals surface area contributed by atoms with E-state index in [1.165, 1.54) is 7.11 Å². The SMILES string of the molecule is COc1ccc(Cl)cc1C(O)C1(O)CCCC1. The van der Waals surface area contributed by atoms with E-state index in [4.69, 9.17) is 16.3 Å². The molecule has 1 aliphatic carbocycles. The van der Waals surface area contributed by atoms with E-state index < -0.39 is 11.7 Å². The van der Waals surface area contributed by atoms with Crippen molar-refractivity contribution in [3.8, 4) is 5.75 Å². The zero-order valence-corrected chi connectivity index (χ0v) is 10.6. The molecule has 0 radical (unpaired) electrons. The van der Waals surface area contributed by atoms with E-state index >= 15 is 0 Å². The van der Waals surface area contributed by atoms with Gasteiger partial charge in [-0.1, -0.05) is 24.4 Å². The Morgan fingerprint density at radius 3 is 2.59 bits per heavy atom. The molecule has 0 heterocycles. The second kappa shape index (κ2) is 4.84. The number of hydrogen-bond donors (Lipinski definition) is 2. The van der Waals surface area contributed by atoms with Crippen molar-refractivity contribution >= 4 is 11.6 Å². The average Bonchev–Trinajstić information content (AvgIpc) is 2.76. The van der Waals surface area contributed by atoms with Gasteiger partial charge < -0.3 is 14.9 Å². The van der Waals surface area contributed by atoms with Gasteiger partial charge in [-0.05, 0) is 31.0 Å².